The molecule has 1 amide bonds. The number of hydrogen-bond acceptors (Lipinski definition) is 4. The summed E-state index contributed by atoms with van der Waals surface area (Å²) in [4.78, 5) is 23.2. The van der Waals surface area contributed by atoms with Gasteiger partial charge in [-0.3, -0.25) is 4.79 Å². The number of hydrogen-bond donors (Lipinski definition) is 1. The third-order valence-electron chi connectivity index (χ3n) is 4.67. The highest BCUT2D eigenvalue weighted by Crippen LogP contribution is 2.34. The molecule has 1 N–H and O–H groups in total. The number of amides is 1. The number of aromatic nitrogens is 2. The summed E-state index contributed by atoms with van der Waals surface area (Å²) in [5, 5.41) is 2.49. The normalized spacial score (nSPS) is 13.3. The molecule has 1 aliphatic rings. The fourth-order valence-corrected chi connectivity index (χ4v) is 3.35. The van der Waals surface area contributed by atoms with Gasteiger partial charge in [-0.25, -0.2) is 9.97 Å². The molecule has 0 unspecified atom stereocenters. The van der Waals surface area contributed by atoms with Crippen molar-refractivity contribution in [1.82, 2.24) is 9.97 Å². The van der Waals surface area contributed by atoms with E-state index >= 15 is 0 Å². The summed E-state index contributed by atoms with van der Waals surface area (Å²) in [5.74, 6) is 0.390. The molecule has 2 heterocycles. The number of halogens is 3. The molecule has 8 heteroatoms. The van der Waals surface area contributed by atoms with Crippen LogP contribution in [0, 0.1) is 6.92 Å². The van der Waals surface area contributed by atoms with Gasteiger partial charge in [0.25, 0.3) is 5.91 Å². The molecular formula is C21H17F3N4O. The Morgan fingerprint density at radius 1 is 1.07 bits per heavy atom. The number of para-hydroxylation sites is 1. The van der Waals surface area contributed by atoms with Gasteiger partial charge in [0.2, 0.25) is 0 Å². The van der Waals surface area contributed by atoms with Gasteiger partial charge in [0, 0.05) is 24.0 Å². The van der Waals surface area contributed by atoms with E-state index in [1.54, 1.807) is 13.0 Å². The summed E-state index contributed by atoms with van der Waals surface area (Å²) in [5.41, 5.74) is 1.53. The smallest absolute Gasteiger partial charge is 0.326 e. The van der Waals surface area contributed by atoms with Gasteiger partial charge in [0.1, 0.15) is 17.3 Å². The van der Waals surface area contributed by atoms with Crippen molar-refractivity contribution < 1.29 is 18.0 Å². The van der Waals surface area contributed by atoms with Crippen molar-refractivity contribution in [3.63, 3.8) is 0 Å². The first kappa shape index (κ1) is 18.9. The van der Waals surface area contributed by atoms with Crippen LogP contribution in [0.15, 0.2) is 54.6 Å². The van der Waals surface area contributed by atoms with Crippen LogP contribution in [0.1, 0.15) is 27.4 Å². The van der Waals surface area contributed by atoms with Crippen molar-refractivity contribution in [2.45, 2.75) is 19.5 Å². The molecule has 3 aromatic rings. The standard InChI is InChI=1S/C21H17F3N4O/c1-13-25-17(20(29)27-16-7-4-6-15(11-16)21(22,23)24)12-19(26-13)28-10-9-14-5-2-3-8-18(14)28/h2-8,11-12H,9-10H2,1H3,(H,27,29). The lowest BCUT2D eigenvalue weighted by molar-refractivity contribution is -0.137. The quantitative estimate of drug-likeness (QED) is 0.692. The maximum absolute atomic E-state index is 12.9. The minimum Gasteiger partial charge on any atom is -0.326 e. The Morgan fingerprint density at radius 3 is 2.66 bits per heavy atom. The van der Waals surface area contributed by atoms with Crippen LogP contribution in [0.3, 0.4) is 0 Å². The van der Waals surface area contributed by atoms with E-state index in [0.29, 0.717) is 11.6 Å². The van der Waals surface area contributed by atoms with E-state index in [1.165, 1.54) is 17.7 Å². The summed E-state index contributed by atoms with van der Waals surface area (Å²) in [6, 6.07) is 14.0. The molecule has 0 atom stereocenters. The Morgan fingerprint density at radius 2 is 1.86 bits per heavy atom. The molecule has 0 saturated carbocycles. The first-order valence-electron chi connectivity index (χ1n) is 9.01. The van der Waals surface area contributed by atoms with Gasteiger partial charge in [-0.05, 0) is 43.2 Å². The molecule has 0 bridgehead atoms. The number of carbonyl (C=O) groups excluding carboxylic acids is 1. The van der Waals surface area contributed by atoms with E-state index in [4.69, 9.17) is 0 Å². The summed E-state index contributed by atoms with van der Waals surface area (Å²) < 4.78 is 38.7. The highest BCUT2D eigenvalue weighted by molar-refractivity contribution is 6.03. The molecule has 1 aliphatic heterocycles. The molecule has 0 saturated heterocycles. The summed E-state index contributed by atoms with van der Waals surface area (Å²) in [6.07, 6.45) is -3.62. The fraction of sp³-hybridized carbons (Fsp3) is 0.190. The topological polar surface area (TPSA) is 58.1 Å². The highest BCUT2D eigenvalue weighted by atomic mass is 19.4. The number of fused-ring (bicyclic) bond motifs is 1. The third kappa shape index (κ3) is 3.91. The highest BCUT2D eigenvalue weighted by Gasteiger charge is 2.30. The monoisotopic (exact) mass is 398 g/mol. The van der Waals surface area contributed by atoms with Crippen molar-refractivity contribution >= 4 is 23.1 Å². The van der Waals surface area contributed by atoms with Crippen molar-refractivity contribution in [1.29, 1.82) is 0 Å². The summed E-state index contributed by atoms with van der Waals surface area (Å²) in [7, 11) is 0. The molecule has 29 heavy (non-hydrogen) atoms. The molecule has 2 aromatic carbocycles. The van der Waals surface area contributed by atoms with Gasteiger partial charge in [-0.1, -0.05) is 24.3 Å². The number of alkyl halides is 3. The second-order valence-electron chi connectivity index (χ2n) is 6.72. The first-order chi connectivity index (χ1) is 13.8. The Balaban J connectivity index is 1.61. The number of rotatable bonds is 3. The molecule has 0 radical (unpaired) electrons. The van der Waals surface area contributed by atoms with Gasteiger partial charge >= 0.3 is 6.18 Å². The Kier molecular flexibility index (Phi) is 4.70. The molecule has 148 valence electrons. The van der Waals surface area contributed by atoms with Crippen LogP contribution in [0.4, 0.5) is 30.4 Å². The van der Waals surface area contributed by atoms with E-state index in [1.807, 2.05) is 29.2 Å². The Labute approximate surface area is 165 Å². The number of nitrogens with zero attached hydrogens (tertiary/aromatic N) is 3. The zero-order valence-corrected chi connectivity index (χ0v) is 15.5. The molecule has 0 fully saturated rings. The van der Waals surface area contributed by atoms with Gasteiger partial charge in [-0.2, -0.15) is 13.2 Å². The van der Waals surface area contributed by atoms with E-state index in [2.05, 4.69) is 15.3 Å². The lowest BCUT2D eigenvalue weighted by Crippen LogP contribution is -2.19. The van der Waals surface area contributed by atoms with Crippen molar-refractivity contribution in [2.75, 3.05) is 16.8 Å². The van der Waals surface area contributed by atoms with E-state index in [9.17, 15) is 18.0 Å². The largest absolute Gasteiger partial charge is 0.416 e. The number of nitrogens with one attached hydrogen (secondary N) is 1. The zero-order valence-electron chi connectivity index (χ0n) is 15.5. The number of anilines is 3. The summed E-state index contributed by atoms with van der Waals surface area (Å²) in [6.45, 7) is 2.40. The molecule has 0 spiro atoms. The zero-order chi connectivity index (χ0) is 20.6. The SMILES string of the molecule is Cc1nc(C(=O)Nc2cccc(C(F)(F)F)c2)cc(N2CCc3ccccc32)n1. The predicted octanol–water partition coefficient (Wildman–Crippen LogP) is 4.75. The van der Waals surface area contributed by atoms with Gasteiger partial charge in [0.05, 0.1) is 5.56 Å². The number of aryl methyl sites for hydroxylation is 1. The van der Waals surface area contributed by atoms with E-state index in [0.717, 1.165) is 30.8 Å². The predicted molar refractivity (Wildman–Crippen MR) is 103 cm³/mol. The molecule has 1 aromatic heterocycles. The van der Waals surface area contributed by atoms with Gasteiger partial charge < -0.3 is 10.2 Å². The van der Waals surface area contributed by atoms with Gasteiger partial charge in [-0.15, -0.1) is 0 Å². The van der Waals surface area contributed by atoms with E-state index in [-0.39, 0.29) is 11.4 Å². The minimum atomic E-state index is -4.48. The van der Waals surface area contributed by atoms with Gasteiger partial charge in [0.15, 0.2) is 0 Å². The van der Waals surface area contributed by atoms with Crippen LogP contribution >= 0.6 is 0 Å². The first-order valence-corrected chi connectivity index (χ1v) is 9.01. The van der Waals surface area contributed by atoms with E-state index < -0.39 is 17.6 Å². The molecule has 4 rings (SSSR count). The van der Waals surface area contributed by atoms with Crippen LogP contribution < -0.4 is 10.2 Å². The molecule has 0 aliphatic carbocycles. The second kappa shape index (κ2) is 7.20. The van der Waals surface area contributed by atoms with Crippen molar-refractivity contribution in [2.24, 2.45) is 0 Å². The second-order valence-corrected chi connectivity index (χ2v) is 6.72. The minimum absolute atomic E-state index is 0.0501. The summed E-state index contributed by atoms with van der Waals surface area (Å²) >= 11 is 0. The third-order valence-corrected chi connectivity index (χ3v) is 4.67. The van der Waals surface area contributed by atoms with Crippen LogP contribution in [0.2, 0.25) is 0 Å². The maximum Gasteiger partial charge on any atom is 0.416 e. The average Bonchev–Trinajstić information content (AvgIpc) is 3.11. The Hall–Kier alpha value is -3.42. The lowest BCUT2D eigenvalue weighted by Gasteiger charge is -2.19. The fourth-order valence-electron chi connectivity index (χ4n) is 3.35. The Bertz CT molecular complexity index is 1080. The van der Waals surface area contributed by atoms with Crippen LogP contribution in [0.25, 0.3) is 0 Å². The van der Waals surface area contributed by atoms with Crippen LogP contribution in [0.5, 0.6) is 0 Å². The van der Waals surface area contributed by atoms with Crippen LogP contribution in [-0.2, 0) is 12.6 Å². The van der Waals surface area contributed by atoms with Crippen LogP contribution in [-0.4, -0.2) is 22.4 Å². The molecule has 5 nitrogen and oxygen atoms in total. The van der Waals surface area contributed by atoms with Crippen molar-refractivity contribution in [3.05, 3.63) is 77.2 Å². The lowest BCUT2D eigenvalue weighted by atomic mass is 10.2. The number of carbonyl (C=O) groups is 1. The average molecular weight is 398 g/mol. The van der Waals surface area contributed by atoms with Crippen molar-refractivity contribution in [3.8, 4) is 0 Å². The number of benzene rings is 2. The molecular weight excluding hydrogens is 381 g/mol. The maximum atomic E-state index is 12.9.